The molecule has 0 aliphatic rings. The first-order chi connectivity index (χ1) is 11.6. The van der Waals surface area contributed by atoms with Crippen LogP contribution in [0.4, 0.5) is 4.39 Å². The van der Waals surface area contributed by atoms with Crippen LogP contribution in [-0.2, 0) is 13.0 Å². The van der Waals surface area contributed by atoms with Crippen LogP contribution in [0.15, 0.2) is 51.7 Å². The summed E-state index contributed by atoms with van der Waals surface area (Å²) in [6.07, 6.45) is 1.79. The van der Waals surface area contributed by atoms with Gasteiger partial charge in [0.25, 0.3) is 0 Å². The Labute approximate surface area is 139 Å². The SMILES string of the molecule is CCCc1cc(=O)oc2c(C)c(OCc3ccc(F)cc3)ccc12. The summed E-state index contributed by atoms with van der Waals surface area (Å²) in [7, 11) is 0. The lowest BCUT2D eigenvalue weighted by Crippen LogP contribution is -2.03. The van der Waals surface area contributed by atoms with E-state index in [9.17, 15) is 9.18 Å². The molecule has 0 atom stereocenters. The summed E-state index contributed by atoms with van der Waals surface area (Å²) in [5.41, 5.74) is 2.89. The summed E-state index contributed by atoms with van der Waals surface area (Å²) >= 11 is 0. The molecule has 0 bridgehead atoms. The van der Waals surface area contributed by atoms with Crippen LogP contribution in [0, 0.1) is 12.7 Å². The third-order valence-corrected chi connectivity index (χ3v) is 4.02. The average molecular weight is 326 g/mol. The second-order valence-corrected chi connectivity index (χ2v) is 5.82. The lowest BCUT2D eigenvalue weighted by atomic mass is 10.0. The molecule has 0 N–H and O–H groups in total. The van der Waals surface area contributed by atoms with Crippen molar-refractivity contribution in [2.45, 2.75) is 33.3 Å². The molecule has 0 fully saturated rings. The van der Waals surface area contributed by atoms with Crippen LogP contribution in [0.1, 0.15) is 30.0 Å². The maximum absolute atomic E-state index is 12.9. The quantitative estimate of drug-likeness (QED) is 0.634. The van der Waals surface area contributed by atoms with Crippen molar-refractivity contribution < 1.29 is 13.5 Å². The molecule has 0 spiro atoms. The van der Waals surface area contributed by atoms with E-state index in [4.69, 9.17) is 9.15 Å². The zero-order valence-corrected chi connectivity index (χ0v) is 13.8. The van der Waals surface area contributed by atoms with Gasteiger partial charge in [0.2, 0.25) is 0 Å². The number of aryl methyl sites for hydroxylation is 2. The largest absolute Gasteiger partial charge is 0.488 e. The summed E-state index contributed by atoms with van der Waals surface area (Å²) < 4.78 is 24.2. The smallest absolute Gasteiger partial charge is 0.336 e. The highest BCUT2D eigenvalue weighted by molar-refractivity contribution is 5.84. The van der Waals surface area contributed by atoms with E-state index in [-0.39, 0.29) is 11.4 Å². The molecular formula is C20H19FO3. The molecule has 0 saturated carbocycles. The molecule has 0 radical (unpaired) electrons. The maximum atomic E-state index is 12.9. The van der Waals surface area contributed by atoms with Gasteiger partial charge in [-0.3, -0.25) is 0 Å². The molecule has 2 aromatic carbocycles. The normalized spacial score (nSPS) is 11.0. The molecule has 124 valence electrons. The van der Waals surface area contributed by atoms with Crippen molar-refractivity contribution in [3.8, 4) is 5.75 Å². The van der Waals surface area contributed by atoms with Crippen molar-refractivity contribution >= 4 is 11.0 Å². The first-order valence-corrected chi connectivity index (χ1v) is 8.02. The number of rotatable bonds is 5. The Kier molecular flexibility index (Phi) is 4.65. The zero-order chi connectivity index (χ0) is 17.1. The summed E-state index contributed by atoms with van der Waals surface area (Å²) in [5.74, 6) is 0.384. The molecule has 3 nitrogen and oxygen atoms in total. The van der Waals surface area contributed by atoms with E-state index in [2.05, 4.69) is 6.92 Å². The molecule has 24 heavy (non-hydrogen) atoms. The Hall–Kier alpha value is -2.62. The highest BCUT2D eigenvalue weighted by Gasteiger charge is 2.11. The minimum atomic E-state index is -0.343. The molecule has 0 amide bonds. The van der Waals surface area contributed by atoms with Crippen molar-refractivity contribution in [3.05, 3.63) is 75.4 Å². The van der Waals surface area contributed by atoms with Crippen LogP contribution in [-0.4, -0.2) is 0 Å². The topological polar surface area (TPSA) is 39.4 Å². The number of hydrogen-bond donors (Lipinski definition) is 0. The number of halogens is 1. The fourth-order valence-corrected chi connectivity index (χ4v) is 2.78. The van der Waals surface area contributed by atoms with Crippen LogP contribution < -0.4 is 10.4 Å². The molecule has 0 unspecified atom stereocenters. The monoisotopic (exact) mass is 326 g/mol. The highest BCUT2D eigenvalue weighted by Crippen LogP contribution is 2.29. The van der Waals surface area contributed by atoms with E-state index < -0.39 is 0 Å². The molecule has 4 heteroatoms. The van der Waals surface area contributed by atoms with Gasteiger partial charge in [0.15, 0.2) is 0 Å². The van der Waals surface area contributed by atoms with E-state index in [1.807, 2.05) is 19.1 Å². The summed E-state index contributed by atoms with van der Waals surface area (Å²) in [6.45, 7) is 4.28. The Bertz CT molecular complexity index is 911. The Morgan fingerprint density at radius 3 is 2.58 bits per heavy atom. The van der Waals surface area contributed by atoms with E-state index in [0.29, 0.717) is 17.9 Å². The third kappa shape index (κ3) is 3.32. The van der Waals surface area contributed by atoms with Crippen LogP contribution in [0.25, 0.3) is 11.0 Å². The number of ether oxygens (including phenoxy) is 1. The second-order valence-electron chi connectivity index (χ2n) is 5.82. The van der Waals surface area contributed by atoms with Crippen LogP contribution in [0.2, 0.25) is 0 Å². The van der Waals surface area contributed by atoms with Crippen molar-refractivity contribution in [1.29, 1.82) is 0 Å². The van der Waals surface area contributed by atoms with Gasteiger partial charge in [-0.05, 0) is 48.7 Å². The lowest BCUT2D eigenvalue weighted by Gasteiger charge is -2.12. The third-order valence-electron chi connectivity index (χ3n) is 4.02. The minimum Gasteiger partial charge on any atom is -0.488 e. The van der Waals surface area contributed by atoms with E-state index >= 15 is 0 Å². The first kappa shape index (κ1) is 16.2. The van der Waals surface area contributed by atoms with Crippen molar-refractivity contribution in [2.24, 2.45) is 0 Å². The zero-order valence-electron chi connectivity index (χ0n) is 13.8. The van der Waals surface area contributed by atoms with Gasteiger partial charge in [0.05, 0.1) is 0 Å². The summed E-state index contributed by atoms with van der Waals surface area (Å²) in [5, 5.41) is 0.947. The molecule has 1 aromatic heterocycles. The lowest BCUT2D eigenvalue weighted by molar-refractivity contribution is 0.304. The van der Waals surface area contributed by atoms with Crippen molar-refractivity contribution in [1.82, 2.24) is 0 Å². The second kappa shape index (κ2) is 6.87. The Morgan fingerprint density at radius 2 is 1.88 bits per heavy atom. The van der Waals surface area contributed by atoms with E-state index in [1.54, 1.807) is 18.2 Å². The van der Waals surface area contributed by atoms with Gasteiger partial charge in [-0.1, -0.05) is 25.5 Å². The van der Waals surface area contributed by atoms with Gasteiger partial charge in [-0.25, -0.2) is 9.18 Å². The van der Waals surface area contributed by atoms with Gasteiger partial charge >= 0.3 is 5.63 Å². The van der Waals surface area contributed by atoms with Crippen LogP contribution in [0.5, 0.6) is 5.75 Å². The molecule has 0 aliphatic heterocycles. The predicted octanol–water partition coefficient (Wildman–Crippen LogP) is 4.77. The molecule has 3 rings (SSSR count). The van der Waals surface area contributed by atoms with Gasteiger partial charge in [0, 0.05) is 17.0 Å². The van der Waals surface area contributed by atoms with Gasteiger partial charge < -0.3 is 9.15 Å². The highest BCUT2D eigenvalue weighted by atomic mass is 19.1. The predicted molar refractivity (Wildman–Crippen MR) is 91.9 cm³/mol. The van der Waals surface area contributed by atoms with Gasteiger partial charge in [-0.2, -0.15) is 0 Å². The average Bonchev–Trinajstić information content (AvgIpc) is 2.56. The van der Waals surface area contributed by atoms with Crippen LogP contribution in [0.3, 0.4) is 0 Å². The van der Waals surface area contributed by atoms with Crippen molar-refractivity contribution in [3.63, 3.8) is 0 Å². The van der Waals surface area contributed by atoms with Crippen molar-refractivity contribution in [2.75, 3.05) is 0 Å². The Morgan fingerprint density at radius 1 is 1.12 bits per heavy atom. The standard InChI is InChI=1S/C20H19FO3/c1-3-4-15-11-19(22)24-20-13(2)18(10-9-17(15)20)23-12-14-5-7-16(21)8-6-14/h5-11H,3-4,12H2,1-2H3. The van der Waals surface area contributed by atoms with Gasteiger partial charge in [0.1, 0.15) is 23.8 Å². The van der Waals surface area contributed by atoms with Gasteiger partial charge in [-0.15, -0.1) is 0 Å². The molecule has 3 aromatic rings. The molecule has 1 heterocycles. The first-order valence-electron chi connectivity index (χ1n) is 8.02. The molecular weight excluding hydrogens is 307 g/mol. The number of benzene rings is 2. The Balaban J connectivity index is 1.93. The van der Waals surface area contributed by atoms with Crippen LogP contribution >= 0.6 is 0 Å². The fourth-order valence-electron chi connectivity index (χ4n) is 2.78. The fraction of sp³-hybridized carbons (Fsp3) is 0.250. The molecule has 0 saturated heterocycles. The number of hydrogen-bond acceptors (Lipinski definition) is 3. The summed E-state index contributed by atoms with van der Waals surface area (Å²) in [4.78, 5) is 11.8. The van der Waals surface area contributed by atoms with E-state index in [0.717, 1.165) is 34.9 Å². The minimum absolute atomic E-state index is 0.272. The number of fused-ring (bicyclic) bond motifs is 1. The summed E-state index contributed by atoms with van der Waals surface area (Å²) in [6, 6.07) is 11.6. The van der Waals surface area contributed by atoms with E-state index in [1.165, 1.54) is 12.1 Å². The maximum Gasteiger partial charge on any atom is 0.336 e. The molecule has 0 aliphatic carbocycles.